The van der Waals surface area contributed by atoms with Crippen molar-refractivity contribution in [3.05, 3.63) is 53.6 Å². The third-order valence-corrected chi connectivity index (χ3v) is 2.79. The highest BCUT2D eigenvalue weighted by atomic mass is 16.5. The van der Waals surface area contributed by atoms with Crippen LogP contribution in [0.25, 0.3) is 11.1 Å². The van der Waals surface area contributed by atoms with Gasteiger partial charge in [0.15, 0.2) is 0 Å². The van der Waals surface area contributed by atoms with E-state index < -0.39 is 5.97 Å². The molecule has 2 rings (SSSR count). The summed E-state index contributed by atoms with van der Waals surface area (Å²) < 4.78 is 4.58. The highest BCUT2D eigenvalue weighted by molar-refractivity contribution is 5.93. The zero-order chi connectivity index (χ0) is 13.1. The van der Waals surface area contributed by atoms with Gasteiger partial charge in [0, 0.05) is 0 Å². The fourth-order valence-corrected chi connectivity index (χ4v) is 1.74. The number of methoxy groups -OCH3 is 1. The molecule has 3 nitrogen and oxygen atoms in total. The zero-order valence-corrected chi connectivity index (χ0v) is 10.3. The van der Waals surface area contributed by atoms with Gasteiger partial charge in [-0.2, -0.15) is 0 Å². The fourth-order valence-electron chi connectivity index (χ4n) is 1.74. The molecule has 0 saturated heterocycles. The molecular formula is C15H14O3. The average Bonchev–Trinajstić information content (AvgIpc) is 2.38. The molecule has 18 heavy (non-hydrogen) atoms. The van der Waals surface area contributed by atoms with Gasteiger partial charge >= 0.3 is 5.97 Å². The molecule has 1 N–H and O–H groups in total. The molecule has 0 atom stereocenters. The summed E-state index contributed by atoms with van der Waals surface area (Å²) in [4.78, 5) is 11.3. The molecule has 0 fully saturated rings. The first-order valence-electron chi connectivity index (χ1n) is 5.60. The van der Waals surface area contributed by atoms with Crippen LogP contribution in [0, 0.1) is 6.92 Å². The number of hydrogen-bond acceptors (Lipinski definition) is 3. The van der Waals surface area contributed by atoms with Crippen molar-refractivity contribution in [2.24, 2.45) is 0 Å². The van der Waals surface area contributed by atoms with Crippen molar-refractivity contribution in [3.8, 4) is 16.9 Å². The van der Waals surface area contributed by atoms with E-state index in [1.54, 1.807) is 18.2 Å². The molecule has 0 aliphatic rings. The number of esters is 1. The summed E-state index contributed by atoms with van der Waals surface area (Å²) >= 11 is 0. The predicted molar refractivity (Wildman–Crippen MR) is 69.6 cm³/mol. The summed E-state index contributed by atoms with van der Waals surface area (Å²) in [7, 11) is 1.29. The number of carbonyl (C=O) groups is 1. The maximum Gasteiger partial charge on any atom is 0.341 e. The van der Waals surface area contributed by atoms with E-state index in [4.69, 9.17) is 0 Å². The second kappa shape index (κ2) is 4.92. The van der Waals surface area contributed by atoms with Crippen LogP contribution in [-0.2, 0) is 4.74 Å². The van der Waals surface area contributed by atoms with Crippen molar-refractivity contribution in [1.29, 1.82) is 0 Å². The normalized spacial score (nSPS) is 10.1. The smallest absolute Gasteiger partial charge is 0.341 e. The van der Waals surface area contributed by atoms with E-state index in [-0.39, 0.29) is 11.3 Å². The van der Waals surface area contributed by atoms with Crippen molar-refractivity contribution >= 4 is 5.97 Å². The molecule has 0 aromatic heterocycles. The van der Waals surface area contributed by atoms with Gasteiger partial charge in [0.05, 0.1) is 7.11 Å². The molecule has 0 radical (unpaired) electrons. The van der Waals surface area contributed by atoms with Gasteiger partial charge in [-0.1, -0.05) is 35.9 Å². The van der Waals surface area contributed by atoms with Crippen LogP contribution in [-0.4, -0.2) is 18.2 Å². The van der Waals surface area contributed by atoms with Crippen LogP contribution in [0.3, 0.4) is 0 Å². The second-order valence-corrected chi connectivity index (χ2v) is 4.09. The number of ether oxygens (including phenoxy) is 1. The number of aromatic hydroxyl groups is 1. The lowest BCUT2D eigenvalue weighted by molar-refractivity contribution is 0.0597. The van der Waals surface area contributed by atoms with Gasteiger partial charge in [-0.15, -0.1) is 0 Å². The SMILES string of the molecule is COC(=O)c1ccc(-c2ccc(C)cc2)cc1O. The topological polar surface area (TPSA) is 46.5 Å². The fraction of sp³-hybridized carbons (Fsp3) is 0.133. The first-order valence-corrected chi connectivity index (χ1v) is 5.60. The third-order valence-electron chi connectivity index (χ3n) is 2.79. The predicted octanol–water partition coefficient (Wildman–Crippen LogP) is 3.15. The van der Waals surface area contributed by atoms with Crippen LogP contribution < -0.4 is 0 Å². The van der Waals surface area contributed by atoms with Crippen LogP contribution in [0.1, 0.15) is 15.9 Å². The Morgan fingerprint density at radius 1 is 1.06 bits per heavy atom. The Morgan fingerprint density at radius 3 is 2.22 bits per heavy atom. The van der Waals surface area contributed by atoms with Crippen LogP contribution in [0.5, 0.6) is 5.75 Å². The van der Waals surface area contributed by atoms with Crippen molar-refractivity contribution in [2.45, 2.75) is 6.92 Å². The van der Waals surface area contributed by atoms with Crippen molar-refractivity contribution in [2.75, 3.05) is 7.11 Å². The largest absolute Gasteiger partial charge is 0.507 e. The molecule has 0 aliphatic carbocycles. The third kappa shape index (κ3) is 2.35. The standard InChI is InChI=1S/C15H14O3/c1-10-3-5-11(6-4-10)12-7-8-13(14(16)9-12)15(17)18-2/h3-9,16H,1-2H3. The van der Waals surface area contributed by atoms with Gasteiger partial charge in [-0.05, 0) is 30.2 Å². The van der Waals surface area contributed by atoms with E-state index in [9.17, 15) is 9.90 Å². The molecular weight excluding hydrogens is 228 g/mol. The number of carbonyl (C=O) groups excluding carboxylic acids is 1. The van der Waals surface area contributed by atoms with Crippen LogP contribution in [0.2, 0.25) is 0 Å². The lowest BCUT2D eigenvalue weighted by atomic mass is 10.0. The van der Waals surface area contributed by atoms with Crippen LogP contribution >= 0.6 is 0 Å². The first kappa shape index (κ1) is 12.2. The molecule has 0 aliphatic heterocycles. The molecule has 0 unspecified atom stereocenters. The lowest BCUT2D eigenvalue weighted by Crippen LogP contribution is -2.01. The number of phenolic OH excluding ortho intramolecular Hbond substituents is 1. The molecule has 0 heterocycles. The molecule has 92 valence electrons. The van der Waals surface area contributed by atoms with Crippen LogP contribution in [0.15, 0.2) is 42.5 Å². The summed E-state index contributed by atoms with van der Waals surface area (Å²) in [5, 5.41) is 9.81. The highest BCUT2D eigenvalue weighted by Crippen LogP contribution is 2.27. The van der Waals surface area contributed by atoms with Gasteiger partial charge in [0.2, 0.25) is 0 Å². The molecule has 0 amide bonds. The molecule has 2 aromatic rings. The van der Waals surface area contributed by atoms with Crippen molar-refractivity contribution in [3.63, 3.8) is 0 Å². The number of aryl methyl sites for hydroxylation is 1. The van der Waals surface area contributed by atoms with E-state index in [1.807, 2.05) is 31.2 Å². The highest BCUT2D eigenvalue weighted by Gasteiger charge is 2.11. The number of phenols is 1. The summed E-state index contributed by atoms with van der Waals surface area (Å²) in [6.45, 7) is 2.02. The van der Waals surface area contributed by atoms with Crippen molar-refractivity contribution in [1.82, 2.24) is 0 Å². The van der Waals surface area contributed by atoms with E-state index >= 15 is 0 Å². The molecule has 0 spiro atoms. The molecule has 2 aromatic carbocycles. The quantitative estimate of drug-likeness (QED) is 0.823. The Labute approximate surface area is 106 Å². The Balaban J connectivity index is 2.40. The minimum absolute atomic E-state index is 0.0695. The summed E-state index contributed by atoms with van der Waals surface area (Å²) in [5.41, 5.74) is 3.20. The summed E-state index contributed by atoms with van der Waals surface area (Å²) in [6, 6.07) is 12.9. The Hall–Kier alpha value is -2.29. The maximum atomic E-state index is 11.3. The van der Waals surface area contributed by atoms with Gasteiger partial charge in [-0.3, -0.25) is 0 Å². The number of rotatable bonds is 2. The Kier molecular flexibility index (Phi) is 3.33. The monoisotopic (exact) mass is 242 g/mol. The van der Waals surface area contributed by atoms with E-state index in [2.05, 4.69) is 4.74 Å². The van der Waals surface area contributed by atoms with E-state index in [0.29, 0.717) is 0 Å². The van der Waals surface area contributed by atoms with Gasteiger partial charge in [-0.25, -0.2) is 4.79 Å². The minimum Gasteiger partial charge on any atom is -0.507 e. The average molecular weight is 242 g/mol. The second-order valence-electron chi connectivity index (χ2n) is 4.09. The minimum atomic E-state index is -0.539. The number of benzene rings is 2. The van der Waals surface area contributed by atoms with Crippen molar-refractivity contribution < 1.29 is 14.6 Å². The van der Waals surface area contributed by atoms with Gasteiger partial charge in [0.1, 0.15) is 11.3 Å². The van der Waals surface area contributed by atoms with E-state index in [0.717, 1.165) is 11.1 Å². The molecule has 0 saturated carbocycles. The summed E-state index contributed by atoms with van der Waals surface area (Å²) in [5.74, 6) is -0.608. The number of hydrogen-bond donors (Lipinski definition) is 1. The lowest BCUT2D eigenvalue weighted by Gasteiger charge is -2.06. The molecule has 3 heteroatoms. The zero-order valence-electron chi connectivity index (χ0n) is 10.3. The van der Waals surface area contributed by atoms with Gasteiger partial charge in [0.25, 0.3) is 0 Å². The summed E-state index contributed by atoms with van der Waals surface area (Å²) in [6.07, 6.45) is 0. The maximum absolute atomic E-state index is 11.3. The Morgan fingerprint density at radius 2 is 1.67 bits per heavy atom. The van der Waals surface area contributed by atoms with Gasteiger partial charge < -0.3 is 9.84 Å². The first-order chi connectivity index (χ1) is 8.61. The molecule has 0 bridgehead atoms. The van der Waals surface area contributed by atoms with E-state index in [1.165, 1.54) is 12.7 Å². The Bertz CT molecular complexity index is 571. The van der Waals surface area contributed by atoms with Crippen LogP contribution in [0.4, 0.5) is 0 Å².